The molecular weight excluding hydrogens is 258 g/mol. The van der Waals surface area contributed by atoms with E-state index in [4.69, 9.17) is 0 Å². The van der Waals surface area contributed by atoms with Crippen molar-refractivity contribution in [1.29, 1.82) is 0 Å². The third-order valence-corrected chi connectivity index (χ3v) is 3.64. The summed E-state index contributed by atoms with van der Waals surface area (Å²) in [5.41, 5.74) is 2.32. The molecule has 21 heavy (non-hydrogen) atoms. The normalized spacial score (nSPS) is 10.7. The summed E-state index contributed by atoms with van der Waals surface area (Å²) in [6.45, 7) is 4.40. The predicted octanol–water partition coefficient (Wildman–Crippen LogP) is 3.78. The van der Waals surface area contributed by atoms with Crippen LogP contribution in [0.3, 0.4) is 0 Å². The molecule has 0 spiro atoms. The van der Waals surface area contributed by atoms with Crippen LogP contribution < -0.4 is 5.56 Å². The minimum Gasteiger partial charge on any atom is -0.310 e. The Bertz CT molecular complexity index is 831. The number of nitrogens with zero attached hydrogens (tertiary/aromatic N) is 1. The van der Waals surface area contributed by atoms with Crippen molar-refractivity contribution in [2.24, 2.45) is 0 Å². The maximum Gasteiger partial charge on any atom is 0.258 e. The number of hydrogen-bond donors (Lipinski definition) is 0. The van der Waals surface area contributed by atoms with Crippen molar-refractivity contribution < 1.29 is 0 Å². The van der Waals surface area contributed by atoms with Gasteiger partial charge in [-0.3, -0.25) is 4.79 Å². The van der Waals surface area contributed by atoms with E-state index < -0.39 is 0 Å². The highest BCUT2D eigenvalue weighted by Gasteiger charge is 2.07. The number of pyridine rings is 1. The highest BCUT2D eigenvalue weighted by molar-refractivity contribution is 5.84. The molecular formula is C19H17NO. The van der Waals surface area contributed by atoms with Crippen molar-refractivity contribution >= 4 is 10.8 Å². The van der Waals surface area contributed by atoms with Crippen molar-refractivity contribution in [3.05, 3.63) is 94.9 Å². The van der Waals surface area contributed by atoms with E-state index in [1.54, 1.807) is 4.57 Å². The molecule has 2 nitrogen and oxygen atoms in total. The summed E-state index contributed by atoms with van der Waals surface area (Å²) < 4.78 is 1.79. The molecule has 0 saturated carbocycles. The maximum absolute atomic E-state index is 12.6. The molecule has 104 valence electrons. The molecule has 3 rings (SSSR count). The summed E-state index contributed by atoms with van der Waals surface area (Å²) in [4.78, 5) is 12.6. The lowest BCUT2D eigenvalue weighted by Gasteiger charge is -2.11. The number of benzene rings is 2. The molecule has 3 aromatic rings. The van der Waals surface area contributed by atoms with Crippen molar-refractivity contribution in [2.75, 3.05) is 0 Å². The molecule has 1 aromatic heterocycles. The minimum atomic E-state index is 0.0577. The molecule has 2 aromatic carbocycles. The number of allylic oxidation sites excluding steroid dienone is 1. The van der Waals surface area contributed by atoms with Crippen molar-refractivity contribution in [2.45, 2.75) is 13.0 Å². The zero-order chi connectivity index (χ0) is 14.7. The number of fused-ring (bicyclic) bond motifs is 1. The summed E-state index contributed by atoms with van der Waals surface area (Å²) in [6.07, 6.45) is 4.59. The van der Waals surface area contributed by atoms with Gasteiger partial charge in [-0.1, -0.05) is 54.6 Å². The van der Waals surface area contributed by atoms with Crippen molar-refractivity contribution in [3.63, 3.8) is 0 Å². The second kappa shape index (κ2) is 5.80. The van der Waals surface area contributed by atoms with E-state index in [1.165, 1.54) is 0 Å². The topological polar surface area (TPSA) is 22.0 Å². The Morgan fingerprint density at radius 2 is 1.62 bits per heavy atom. The van der Waals surface area contributed by atoms with E-state index in [0.29, 0.717) is 6.54 Å². The SMILES string of the molecule is C=CCc1cn(Cc2ccccc2)c(=O)c2ccccc12. The molecule has 0 fully saturated rings. The van der Waals surface area contributed by atoms with Gasteiger partial charge >= 0.3 is 0 Å². The lowest BCUT2D eigenvalue weighted by molar-refractivity contribution is 0.761. The predicted molar refractivity (Wildman–Crippen MR) is 87.7 cm³/mol. The molecule has 2 heteroatoms. The lowest BCUT2D eigenvalue weighted by Crippen LogP contribution is -2.21. The van der Waals surface area contributed by atoms with Gasteiger partial charge in [0.15, 0.2) is 0 Å². The van der Waals surface area contributed by atoms with E-state index >= 15 is 0 Å². The van der Waals surface area contributed by atoms with E-state index in [2.05, 4.69) is 6.58 Å². The molecule has 0 radical (unpaired) electrons. The highest BCUT2D eigenvalue weighted by atomic mass is 16.1. The standard InChI is InChI=1S/C19H17NO/c1-2-8-16-14-20(13-15-9-4-3-5-10-15)19(21)18-12-7-6-11-17(16)18/h2-7,9-12,14H,1,8,13H2. The Morgan fingerprint density at radius 3 is 2.33 bits per heavy atom. The number of hydrogen-bond acceptors (Lipinski definition) is 1. The number of aromatic nitrogens is 1. The number of rotatable bonds is 4. The van der Waals surface area contributed by atoms with E-state index in [9.17, 15) is 4.79 Å². The lowest BCUT2D eigenvalue weighted by atomic mass is 10.0. The van der Waals surface area contributed by atoms with Gasteiger partial charge < -0.3 is 4.57 Å². The fraction of sp³-hybridized carbons (Fsp3) is 0.105. The van der Waals surface area contributed by atoms with Crippen LogP contribution in [0.1, 0.15) is 11.1 Å². The third-order valence-electron chi connectivity index (χ3n) is 3.64. The molecule has 1 heterocycles. The smallest absolute Gasteiger partial charge is 0.258 e. The average Bonchev–Trinajstić information content (AvgIpc) is 2.53. The van der Waals surface area contributed by atoms with Crippen LogP contribution in [-0.4, -0.2) is 4.57 Å². The van der Waals surface area contributed by atoms with Crippen LogP contribution in [0.25, 0.3) is 10.8 Å². The van der Waals surface area contributed by atoms with Gasteiger partial charge in [-0.25, -0.2) is 0 Å². The second-order valence-electron chi connectivity index (χ2n) is 5.11. The van der Waals surface area contributed by atoms with Crippen molar-refractivity contribution in [3.8, 4) is 0 Å². The monoisotopic (exact) mass is 275 g/mol. The van der Waals surface area contributed by atoms with E-state index in [1.807, 2.05) is 66.9 Å². The van der Waals surface area contributed by atoms with Crippen LogP contribution in [0.4, 0.5) is 0 Å². The fourth-order valence-electron chi connectivity index (χ4n) is 2.64. The Morgan fingerprint density at radius 1 is 0.952 bits per heavy atom. The van der Waals surface area contributed by atoms with Gasteiger partial charge in [0, 0.05) is 11.6 Å². The largest absolute Gasteiger partial charge is 0.310 e. The third kappa shape index (κ3) is 2.65. The van der Waals surface area contributed by atoms with Gasteiger partial charge in [0.2, 0.25) is 0 Å². The van der Waals surface area contributed by atoms with Gasteiger partial charge in [0.25, 0.3) is 5.56 Å². The van der Waals surface area contributed by atoms with Gasteiger partial charge in [-0.2, -0.15) is 0 Å². The Labute approximate surface area is 124 Å². The van der Waals surface area contributed by atoms with Crippen LogP contribution in [0.15, 0.2) is 78.2 Å². The van der Waals surface area contributed by atoms with Crippen LogP contribution >= 0.6 is 0 Å². The zero-order valence-corrected chi connectivity index (χ0v) is 11.8. The Hall–Kier alpha value is -2.61. The van der Waals surface area contributed by atoms with Crippen LogP contribution in [0.2, 0.25) is 0 Å². The first kappa shape index (κ1) is 13.4. The molecule has 0 N–H and O–H groups in total. The summed E-state index contributed by atoms with van der Waals surface area (Å²) in [6, 6.07) is 17.8. The molecule has 0 aliphatic heterocycles. The summed E-state index contributed by atoms with van der Waals surface area (Å²) in [5, 5.41) is 1.79. The Balaban J connectivity index is 2.16. The quantitative estimate of drug-likeness (QED) is 0.664. The fourth-order valence-corrected chi connectivity index (χ4v) is 2.64. The first-order valence-electron chi connectivity index (χ1n) is 7.05. The summed E-state index contributed by atoms with van der Waals surface area (Å²) in [5.74, 6) is 0. The molecule has 0 bridgehead atoms. The summed E-state index contributed by atoms with van der Waals surface area (Å²) in [7, 11) is 0. The first-order valence-corrected chi connectivity index (χ1v) is 7.05. The first-order chi connectivity index (χ1) is 10.3. The van der Waals surface area contributed by atoms with Crippen molar-refractivity contribution in [1.82, 2.24) is 4.57 Å². The van der Waals surface area contributed by atoms with E-state index in [0.717, 1.165) is 28.3 Å². The van der Waals surface area contributed by atoms with Crippen LogP contribution in [-0.2, 0) is 13.0 Å². The molecule has 0 unspecified atom stereocenters. The maximum atomic E-state index is 12.6. The van der Waals surface area contributed by atoms with Gasteiger partial charge in [-0.05, 0) is 29.0 Å². The van der Waals surface area contributed by atoms with E-state index in [-0.39, 0.29) is 5.56 Å². The zero-order valence-electron chi connectivity index (χ0n) is 11.8. The van der Waals surface area contributed by atoms with Gasteiger partial charge in [-0.15, -0.1) is 6.58 Å². The molecule has 0 aliphatic rings. The molecule has 0 atom stereocenters. The van der Waals surface area contributed by atoms with Gasteiger partial charge in [0.1, 0.15) is 0 Å². The van der Waals surface area contributed by atoms with Crippen LogP contribution in [0, 0.1) is 0 Å². The molecule has 0 amide bonds. The minimum absolute atomic E-state index is 0.0577. The van der Waals surface area contributed by atoms with Crippen LogP contribution in [0.5, 0.6) is 0 Å². The average molecular weight is 275 g/mol. The van der Waals surface area contributed by atoms with Gasteiger partial charge in [0.05, 0.1) is 6.54 Å². The highest BCUT2D eigenvalue weighted by Crippen LogP contribution is 2.16. The summed E-state index contributed by atoms with van der Waals surface area (Å²) >= 11 is 0. The molecule has 0 saturated heterocycles. The Kier molecular flexibility index (Phi) is 3.69. The second-order valence-corrected chi connectivity index (χ2v) is 5.11. The molecule has 0 aliphatic carbocycles.